The largest absolute Gasteiger partial charge is 0.496 e. The molecular formula is C15H12Br2OS2. The molecule has 1 nitrogen and oxygen atoms in total. The van der Waals surface area contributed by atoms with Gasteiger partial charge in [-0.2, -0.15) is 0 Å². The van der Waals surface area contributed by atoms with Crippen LogP contribution >= 0.6 is 54.5 Å². The number of aryl methyl sites for hydroxylation is 1. The zero-order chi connectivity index (χ0) is 14.3. The molecule has 1 atom stereocenters. The topological polar surface area (TPSA) is 9.23 Å². The Bertz CT molecular complexity index is 732. The highest BCUT2D eigenvalue weighted by atomic mass is 79.9. The van der Waals surface area contributed by atoms with Gasteiger partial charge >= 0.3 is 0 Å². The molecule has 20 heavy (non-hydrogen) atoms. The molecular weight excluding hydrogens is 420 g/mol. The van der Waals surface area contributed by atoms with Crippen molar-refractivity contribution in [1.82, 2.24) is 0 Å². The van der Waals surface area contributed by atoms with Crippen LogP contribution in [0.25, 0.3) is 9.40 Å². The van der Waals surface area contributed by atoms with Gasteiger partial charge in [-0.25, -0.2) is 0 Å². The lowest BCUT2D eigenvalue weighted by Crippen LogP contribution is -1.96. The Morgan fingerprint density at radius 3 is 2.70 bits per heavy atom. The second-order valence-corrected chi connectivity index (χ2v) is 8.34. The molecule has 3 aromatic rings. The Kier molecular flexibility index (Phi) is 4.22. The quantitative estimate of drug-likeness (QED) is 0.428. The van der Waals surface area contributed by atoms with Crippen molar-refractivity contribution in [1.29, 1.82) is 0 Å². The van der Waals surface area contributed by atoms with E-state index in [9.17, 15) is 0 Å². The third kappa shape index (κ3) is 2.56. The molecule has 0 spiro atoms. The fraction of sp³-hybridized carbons (Fsp3) is 0.200. The van der Waals surface area contributed by atoms with Crippen LogP contribution < -0.4 is 4.74 Å². The summed E-state index contributed by atoms with van der Waals surface area (Å²) in [6.07, 6.45) is 0. The van der Waals surface area contributed by atoms with Gasteiger partial charge in [-0.1, -0.05) is 31.9 Å². The number of alkyl halides is 1. The molecule has 1 unspecified atom stereocenters. The molecule has 2 aromatic heterocycles. The van der Waals surface area contributed by atoms with Crippen LogP contribution in [0.4, 0.5) is 0 Å². The second kappa shape index (κ2) is 5.79. The van der Waals surface area contributed by atoms with Crippen LogP contribution in [-0.2, 0) is 0 Å². The van der Waals surface area contributed by atoms with Gasteiger partial charge < -0.3 is 4.74 Å². The zero-order valence-corrected chi connectivity index (χ0v) is 15.7. The number of hydrogen-bond donors (Lipinski definition) is 0. The summed E-state index contributed by atoms with van der Waals surface area (Å²) >= 11 is 11.0. The fourth-order valence-electron chi connectivity index (χ4n) is 2.11. The number of fused-ring (bicyclic) bond motifs is 1. The predicted octanol–water partition coefficient (Wildman–Crippen LogP) is 6.53. The Labute approximate surface area is 142 Å². The highest BCUT2D eigenvalue weighted by Gasteiger charge is 2.19. The smallest absolute Gasteiger partial charge is 0.123 e. The number of benzene rings is 1. The summed E-state index contributed by atoms with van der Waals surface area (Å²) in [6, 6.07) is 8.65. The number of halogens is 2. The van der Waals surface area contributed by atoms with Crippen molar-refractivity contribution < 1.29 is 4.74 Å². The van der Waals surface area contributed by atoms with Gasteiger partial charge in [0.05, 0.1) is 11.9 Å². The highest BCUT2D eigenvalue weighted by Crippen LogP contribution is 2.44. The number of hydrogen-bond acceptors (Lipinski definition) is 3. The van der Waals surface area contributed by atoms with Crippen LogP contribution in [0, 0.1) is 6.92 Å². The van der Waals surface area contributed by atoms with Gasteiger partial charge in [-0.15, -0.1) is 22.7 Å². The van der Waals surface area contributed by atoms with E-state index in [1.165, 1.54) is 19.8 Å². The van der Waals surface area contributed by atoms with Gasteiger partial charge in [0, 0.05) is 24.3 Å². The van der Waals surface area contributed by atoms with Crippen LogP contribution in [0.1, 0.15) is 20.8 Å². The minimum atomic E-state index is 0.152. The number of ether oxygens (including phenoxy) is 1. The summed E-state index contributed by atoms with van der Waals surface area (Å²) in [5.41, 5.74) is 2.33. The van der Waals surface area contributed by atoms with Gasteiger partial charge in [-0.3, -0.25) is 0 Å². The van der Waals surface area contributed by atoms with E-state index in [0.29, 0.717) is 0 Å². The van der Waals surface area contributed by atoms with Gasteiger partial charge in [0.15, 0.2) is 0 Å². The molecule has 0 amide bonds. The summed E-state index contributed by atoms with van der Waals surface area (Å²) in [4.78, 5) is 1.46. The molecule has 0 aliphatic carbocycles. The summed E-state index contributed by atoms with van der Waals surface area (Å²) in [5.74, 6) is 0.921. The standard InChI is InChI=1S/C15H12Br2OS2/c1-8-5-11(18-2)9(6-10(8)16)15(17)14-7-13-12(20-14)3-4-19-13/h3-7,15H,1-2H3. The van der Waals surface area contributed by atoms with E-state index in [1.807, 2.05) is 11.3 Å². The van der Waals surface area contributed by atoms with Crippen molar-refractivity contribution in [2.45, 2.75) is 11.8 Å². The minimum Gasteiger partial charge on any atom is -0.496 e. The van der Waals surface area contributed by atoms with Crippen LogP contribution in [0.5, 0.6) is 5.75 Å². The lowest BCUT2D eigenvalue weighted by Gasteiger charge is -2.15. The fourth-order valence-corrected chi connectivity index (χ4v) is 5.36. The Hall–Kier alpha value is -0.360. The first-order valence-electron chi connectivity index (χ1n) is 6.05. The Morgan fingerprint density at radius 1 is 1.20 bits per heavy atom. The third-order valence-corrected chi connectivity index (χ3v) is 7.49. The molecule has 0 fully saturated rings. The first kappa shape index (κ1) is 14.6. The van der Waals surface area contributed by atoms with Gasteiger partial charge in [-0.05, 0) is 42.1 Å². The molecule has 0 aliphatic rings. The van der Waals surface area contributed by atoms with E-state index in [0.717, 1.165) is 15.8 Å². The normalized spacial score (nSPS) is 12.8. The number of rotatable bonds is 3. The average Bonchev–Trinajstić information content (AvgIpc) is 3.01. The van der Waals surface area contributed by atoms with Crippen molar-refractivity contribution >= 4 is 63.9 Å². The van der Waals surface area contributed by atoms with Crippen molar-refractivity contribution in [2.24, 2.45) is 0 Å². The molecule has 0 bridgehead atoms. The van der Waals surface area contributed by atoms with E-state index in [-0.39, 0.29) is 4.83 Å². The average molecular weight is 432 g/mol. The predicted molar refractivity (Wildman–Crippen MR) is 95.9 cm³/mol. The third-order valence-electron chi connectivity index (χ3n) is 3.19. The van der Waals surface area contributed by atoms with E-state index in [2.05, 4.69) is 68.4 Å². The number of methoxy groups -OCH3 is 1. The summed E-state index contributed by atoms with van der Waals surface area (Å²) in [5, 5.41) is 2.14. The van der Waals surface area contributed by atoms with Crippen molar-refractivity contribution in [3.63, 3.8) is 0 Å². The number of thiophene rings is 2. The van der Waals surface area contributed by atoms with Crippen molar-refractivity contribution in [3.05, 3.63) is 50.1 Å². The maximum atomic E-state index is 5.54. The molecule has 2 heterocycles. The molecule has 3 rings (SSSR count). The van der Waals surface area contributed by atoms with Crippen LogP contribution in [-0.4, -0.2) is 7.11 Å². The van der Waals surface area contributed by atoms with Gasteiger partial charge in [0.25, 0.3) is 0 Å². The van der Waals surface area contributed by atoms with Crippen LogP contribution in [0.3, 0.4) is 0 Å². The van der Waals surface area contributed by atoms with Gasteiger partial charge in [0.1, 0.15) is 5.75 Å². The van der Waals surface area contributed by atoms with E-state index in [1.54, 1.807) is 18.4 Å². The molecule has 0 saturated heterocycles. The first-order chi connectivity index (χ1) is 9.60. The summed E-state index contributed by atoms with van der Waals surface area (Å²) < 4.78 is 9.34. The monoisotopic (exact) mass is 430 g/mol. The van der Waals surface area contributed by atoms with Crippen LogP contribution in [0.2, 0.25) is 0 Å². The maximum absolute atomic E-state index is 5.54. The molecule has 104 valence electrons. The molecule has 5 heteroatoms. The lowest BCUT2D eigenvalue weighted by molar-refractivity contribution is 0.410. The molecule has 1 aromatic carbocycles. The van der Waals surface area contributed by atoms with Crippen molar-refractivity contribution in [3.8, 4) is 5.75 Å². The summed E-state index contributed by atoms with van der Waals surface area (Å²) in [7, 11) is 1.72. The Morgan fingerprint density at radius 2 is 2.00 bits per heavy atom. The molecule has 0 aliphatic heterocycles. The van der Waals surface area contributed by atoms with E-state index < -0.39 is 0 Å². The summed E-state index contributed by atoms with van der Waals surface area (Å²) in [6.45, 7) is 2.07. The molecule has 0 radical (unpaired) electrons. The van der Waals surface area contributed by atoms with E-state index >= 15 is 0 Å². The zero-order valence-electron chi connectivity index (χ0n) is 10.9. The first-order valence-corrected chi connectivity index (χ1v) is 9.45. The van der Waals surface area contributed by atoms with Crippen LogP contribution in [0.15, 0.2) is 34.1 Å². The maximum Gasteiger partial charge on any atom is 0.123 e. The molecule has 0 saturated carbocycles. The SMILES string of the molecule is COc1cc(C)c(Br)cc1C(Br)c1cc2sccc2s1. The lowest BCUT2D eigenvalue weighted by atomic mass is 10.1. The minimum absolute atomic E-state index is 0.152. The molecule has 0 N–H and O–H groups in total. The highest BCUT2D eigenvalue weighted by molar-refractivity contribution is 9.10. The Balaban J connectivity index is 2.07. The van der Waals surface area contributed by atoms with E-state index in [4.69, 9.17) is 4.74 Å². The van der Waals surface area contributed by atoms with Crippen molar-refractivity contribution in [2.75, 3.05) is 7.11 Å². The van der Waals surface area contributed by atoms with Gasteiger partial charge in [0.2, 0.25) is 0 Å². The second-order valence-electron chi connectivity index (χ2n) is 4.50.